The fourth-order valence-electron chi connectivity index (χ4n) is 3.68. The van der Waals surface area contributed by atoms with Crippen molar-refractivity contribution in [2.75, 3.05) is 12.1 Å². The molecule has 0 atom stereocenters. The molecule has 0 spiro atoms. The van der Waals surface area contributed by atoms with Crippen LogP contribution in [0.15, 0.2) is 78.4 Å². The minimum absolute atomic E-state index is 0.914. The Hall–Kier alpha value is -3.06. The summed E-state index contributed by atoms with van der Waals surface area (Å²) < 4.78 is 2.34. The van der Waals surface area contributed by atoms with Crippen LogP contribution in [0.1, 0.15) is 6.92 Å². The van der Waals surface area contributed by atoms with Crippen LogP contribution in [0.2, 0.25) is 0 Å². The molecule has 1 aliphatic rings. The molecule has 4 rings (SSSR count). The predicted octanol–water partition coefficient (Wildman–Crippen LogP) is 1.01. The van der Waals surface area contributed by atoms with Gasteiger partial charge in [-0.1, -0.05) is 18.2 Å². The van der Waals surface area contributed by atoms with E-state index in [2.05, 4.69) is 59.4 Å². The second-order valence-corrected chi connectivity index (χ2v) is 6.49. The van der Waals surface area contributed by atoms with Gasteiger partial charge in [-0.05, 0) is 43.3 Å². The van der Waals surface area contributed by atoms with E-state index in [9.17, 15) is 0 Å². The van der Waals surface area contributed by atoms with Crippen LogP contribution in [0.25, 0.3) is 21.8 Å². The highest BCUT2D eigenvalue weighted by molar-refractivity contribution is 6.09. The second kappa shape index (κ2) is 7.28. The number of rotatable bonds is 5. The molecule has 6 heteroatoms. The summed E-state index contributed by atoms with van der Waals surface area (Å²) >= 11 is 0. The Morgan fingerprint density at radius 1 is 1.22 bits per heavy atom. The number of aryl methyl sites for hydroxylation is 1. The normalized spacial score (nSPS) is 14.5. The van der Waals surface area contributed by atoms with Gasteiger partial charge >= 0.3 is 0 Å². The minimum Gasteiger partial charge on any atom is -0.341 e. The molecule has 3 aromatic rings. The van der Waals surface area contributed by atoms with Crippen molar-refractivity contribution in [3.05, 3.63) is 78.4 Å². The lowest BCUT2D eigenvalue weighted by Gasteiger charge is -2.23. The van der Waals surface area contributed by atoms with Gasteiger partial charge in [-0.25, -0.2) is 16.7 Å². The quantitative estimate of drug-likeness (QED) is 0.404. The van der Waals surface area contributed by atoms with Gasteiger partial charge in [0.05, 0.1) is 12.7 Å². The first-order valence-corrected chi connectivity index (χ1v) is 9.27. The van der Waals surface area contributed by atoms with Gasteiger partial charge in [-0.2, -0.15) is 0 Å². The van der Waals surface area contributed by atoms with Crippen molar-refractivity contribution in [1.82, 2.24) is 9.99 Å². The van der Waals surface area contributed by atoms with E-state index in [0.29, 0.717) is 0 Å². The van der Waals surface area contributed by atoms with Crippen molar-refractivity contribution < 1.29 is 10.7 Å². The summed E-state index contributed by atoms with van der Waals surface area (Å²) in [6.07, 6.45) is 8.01. The Morgan fingerprint density at radius 3 is 2.78 bits per heavy atom. The molecule has 0 amide bonds. The van der Waals surface area contributed by atoms with Crippen LogP contribution in [0.5, 0.6) is 0 Å². The Balaban J connectivity index is 1.83. The largest absolute Gasteiger partial charge is 0.341 e. The molecule has 0 bridgehead atoms. The summed E-state index contributed by atoms with van der Waals surface area (Å²) in [5, 5.41) is 6.21. The van der Waals surface area contributed by atoms with E-state index in [4.69, 9.17) is 5.84 Å². The third-order valence-corrected chi connectivity index (χ3v) is 4.92. The molecule has 2 heterocycles. The number of benzene rings is 2. The van der Waals surface area contributed by atoms with Gasteiger partial charge in [0.1, 0.15) is 23.8 Å². The van der Waals surface area contributed by atoms with Crippen molar-refractivity contribution in [3.8, 4) is 0 Å². The van der Waals surface area contributed by atoms with Gasteiger partial charge in [-0.3, -0.25) is 5.01 Å². The zero-order chi connectivity index (χ0) is 18.8. The summed E-state index contributed by atoms with van der Waals surface area (Å²) in [7, 11) is 1.99. The Kier molecular flexibility index (Phi) is 4.68. The lowest BCUT2D eigenvalue weighted by atomic mass is 10.1. The number of nitrogens with two attached hydrogens (primary N) is 3. The molecule has 6 nitrogen and oxygen atoms in total. The SMILES string of the molecule is CCn1c2ccccc2c2cc(N(N)C(=C[NH2+]C)C3=CC=C[NH2+]N3)ccc21. The lowest BCUT2D eigenvalue weighted by molar-refractivity contribution is -0.642. The van der Waals surface area contributed by atoms with E-state index >= 15 is 0 Å². The molecule has 2 aromatic carbocycles. The number of hydrogen-bond donors (Lipinski definition) is 4. The van der Waals surface area contributed by atoms with E-state index in [-0.39, 0.29) is 0 Å². The summed E-state index contributed by atoms with van der Waals surface area (Å²) in [4.78, 5) is 0. The summed E-state index contributed by atoms with van der Waals surface area (Å²) in [5.41, 5.74) is 10.5. The predicted molar refractivity (Wildman–Crippen MR) is 110 cm³/mol. The van der Waals surface area contributed by atoms with E-state index in [1.54, 1.807) is 5.01 Å². The zero-order valence-electron chi connectivity index (χ0n) is 15.7. The highest BCUT2D eigenvalue weighted by atomic mass is 15.4. The third-order valence-electron chi connectivity index (χ3n) is 4.92. The molecule has 0 saturated heterocycles. The Labute approximate surface area is 158 Å². The summed E-state index contributed by atoms with van der Waals surface area (Å²) in [5.74, 6) is 6.55. The van der Waals surface area contributed by atoms with E-state index < -0.39 is 0 Å². The molecule has 7 N–H and O–H groups in total. The number of anilines is 1. The third kappa shape index (κ3) is 3.00. The first kappa shape index (κ1) is 17.4. The number of fused-ring (bicyclic) bond motifs is 3. The number of quaternary nitrogens is 2. The first-order chi connectivity index (χ1) is 13.2. The molecule has 1 aromatic heterocycles. The molecular weight excluding hydrogens is 336 g/mol. The lowest BCUT2D eigenvalue weighted by Crippen LogP contribution is -2.88. The van der Waals surface area contributed by atoms with Gasteiger partial charge in [-0.15, -0.1) is 0 Å². The van der Waals surface area contributed by atoms with Crippen LogP contribution in [-0.2, 0) is 6.54 Å². The van der Waals surface area contributed by atoms with Crippen LogP contribution in [-0.4, -0.2) is 11.6 Å². The monoisotopic (exact) mass is 362 g/mol. The maximum Gasteiger partial charge on any atom is 0.139 e. The van der Waals surface area contributed by atoms with Crippen LogP contribution in [0.3, 0.4) is 0 Å². The number of allylic oxidation sites excluding steroid dienone is 2. The molecular formula is C21H26N6+2. The zero-order valence-corrected chi connectivity index (χ0v) is 15.7. The van der Waals surface area contributed by atoms with Gasteiger partial charge in [0, 0.05) is 28.4 Å². The molecule has 0 aliphatic carbocycles. The average molecular weight is 362 g/mol. The topological polar surface area (TPSA) is 79.4 Å². The molecule has 0 saturated carbocycles. The maximum absolute atomic E-state index is 6.55. The summed E-state index contributed by atoms with van der Waals surface area (Å²) in [6.45, 7) is 3.11. The smallest absolute Gasteiger partial charge is 0.139 e. The van der Waals surface area contributed by atoms with Gasteiger partial charge < -0.3 is 9.88 Å². The minimum atomic E-state index is 0.914. The maximum atomic E-state index is 6.55. The van der Waals surface area contributed by atoms with E-state index in [1.165, 1.54) is 21.8 Å². The van der Waals surface area contributed by atoms with Crippen molar-refractivity contribution in [1.29, 1.82) is 0 Å². The number of para-hydroxylation sites is 1. The van der Waals surface area contributed by atoms with Crippen LogP contribution >= 0.6 is 0 Å². The van der Waals surface area contributed by atoms with Crippen molar-refractivity contribution in [3.63, 3.8) is 0 Å². The fourth-order valence-corrected chi connectivity index (χ4v) is 3.68. The molecule has 0 radical (unpaired) electrons. The highest BCUT2D eigenvalue weighted by Gasteiger charge is 2.18. The summed E-state index contributed by atoms with van der Waals surface area (Å²) in [6, 6.07) is 15.0. The number of nitrogens with one attached hydrogen (secondary N) is 1. The highest BCUT2D eigenvalue weighted by Crippen LogP contribution is 2.32. The molecule has 138 valence electrons. The Bertz CT molecular complexity index is 1070. The van der Waals surface area contributed by atoms with Crippen LogP contribution in [0.4, 0.5) is 5.69 Å². The van der Waals surface area contributed by atoms with Gasteiger partial charge in [0.25, 0.3) is 0 Å². The van der Waals surface area contributed by atoms with E-state index in [1.807, 2.05) is 42.3 Å². The number of hydrazine groups is 1. The van der Waals surface area contributed by atoms with Gasteiger partial charge in [0.2, 0.25) is 0 Å². The molecule has 0 unspecified atom stereocenters. The molecule has 27 heavy (non-hydrogen) atoms. The Morgan fingerprint density at radius 2 is 2.04 bits per heavy atom. The molecule has 0 fully saturated rings. The van der Waals surface area contributed by atoms with Crippen LogP contribution in [0, 0.1) is 0 Å². The van der Waals surface area contributed by atoms with Crippen molar-refractivity contribution >= 4 is 27.5 Å². The van der Waals surface area contributed by atoms with Crippen LogP contribution < -0.4 is 27.0 Å². The standard InChI is InChI=1S/C21H24N6/c1-3-26-19-9-5-4-7-16(19)17-13-15(10-11-20(17)26)27(22)21(14-23-2)18-8-6-12-24-25-18/h4-14,23-25H,3,22H2,1-2H3/p+2. The number of nitrogens with zero attached hydrogens (tertiary/aromatic N) is 2. The number of hydrogen-bond acceptors (Lipinski definition) is 3. The van der Waals surface area contributed by atoms with E-state index in [0.717, 1.165) is 23.6 Å². The second-order valence-electron chi connectivity index (χ2n) is 6.49. The van der Waals surface area contributed by atoms with Gasteiger partial charge in [0.15, 0.2) is 0 Å². The molecule has 1 aliphatic heterocycles. The van der Waals surface area contributed by atoms with Crippen molar-refractivity contribution in [2.24, 2.45) is 5.84 Å². The average Bonchev–Trinajstić information content (AvgIpc) is 3.05. The number of aromatic nitrogens is 1. The fraction of sp³-hybridized carbons (Fsp3) is 0.143. The first-order valence-electron chi connectivity index (χ1n) is 9.27. The van der Waals surface area contributed by atoms with Crippen molar-refractivity contribution in [2.45, 2.75) is 13.5 Å².